The molecule has 1 aromatic rings. The molecule has 1 aliphatic heterocycles. The highest BCUT2D eigenvalue weighted by Crippen LogP contribution is 2.24. The fourth-order valence-electron chi connectivity index (χ4n) is 2.23. The fourth-order valence-corrected chi connectivity index (χ4v) is 2.23. The number of hydrogen-bond acceptors (Lipinski definition) is 3. The molecule has 0 aromatic heterocycles. The van der Waals surface area contributed by atoms with Crippen LogP contribution in [0.1, 0.15) is 25.8 Å². The Bertz CT molecular complexity index is 432. The lowest BCUT2D eigenvalue weighted by atomic mass is 9.98. The van der Waals surface area contributed by atoms with E-state index in [2.05, 4.69) is 16.7 Å². The first-order valence-corrected chi connectivity index (χ1v) is 6.90. The minimum atomic E-state index is -0.131. The number of benzene rings is 1. The first-order chi connectivity index (χ1) is 9.16. The number of fused-ring (bicyclic) bond motifs is 1. The van der Waals surface area contributed by atoms with Crippen molar-refractivity contribution in [1.82, 2.24) is 5.32 Å². The zero-order valence-corrected chi connectivity index (χ0v) is 11.6. The summed E-state index contributed by atoms with van der Waals surface area (Å²) < 4.78 is 5.40. The van der Waals surface area contributed by atoms with Crippen LogP contribution >= 0.6 is 0 Å². The third-order valence-electron chi connectivity index (χ3n) is 3.22. The molecule has 0 saturated carbocycles. The summed E-state index contributed by atoms with van der Waals surface area (Å²) >= 11 is 0. The number of aryl methyl sites for hydroxylation is 1. The van der Waals surface area contributed by atoms with Crippen molar-refractivity contribution < 1.29 is 9.53 Å². The molecule has 2 N–H and O–H groups in total. The number of carbonyl (C=O) groups excluding carboxylic acids is 1. The van der Waals surface area contributed by atoms with Crippen LogP contribution in [-0.2, 0) is 16.0 Å². The van der Waals surface area contributed by atoms with Crippen molar-refractivity contribution in [3.63, 3.8) is 0 Å². The first-order valence-electron chi connectivity index (χ1n) is 6.90. The highest BCUT2D eigenvalue weighted by atomic mass is 16.5. The molecule has 4 heteroatoms. The molecular formula is C15H22N2O2. The van der Waals surface area contributed by atoms with Crippen LogP contribution in [0.4, 0.5) is 5.69 Å². The van der Waals surface area contributed by atoms with E-state index < -0.39 is 0 Å². The van der Waals surface area contributed by atoms with Gasteiger partial charge in [-0.1, -0.05) is 18.2 Å². The second kappa shape index (κ2) is 6.57. The number of anilines is 1. The normalized spacial score (nSPS) is 17.7. The van der Waals surface area contributed by atoms with E-state index in [4.69, 9.17) is 4.74 Å². The molecule has 104 valence electrons. The van der Waals surface area contributed by atoms with Crippen molar-refractivity contribution in [2.45, 2.75) is 38.8 Å². The topological polar surface area (TPSA) is 50.4 Å². The Morgan fingerprint density at radius 3 is 3.05 bits per heavy atom. The lowest BCUT2D eigenvalue weighted by Crippen LogP contribution is -2.43. The summed E-state index contributed by atoms with van der Waals surface area (Å²) in [6.07, 6.45) is 1.99. The van der Waals surface area contributed by atoms with Crippen LogP contribution in [-0.4, -0.2) is 31.2 Å². The lowest BCUT2D eigenvalue weighted by Gasteiger charge is -2.26. The van der Waals surface area contributed by atoms with Crippen molar-refractivity contribution in [3.8, 4) is 0 Å². The summed E-state index contributed by atoms with van der Waals surface area (Å²) in [6, 6.07) is 8.02. The molecule has 0 aliphatic carbocycles. The molecule has 0 spiro atoms. The van der Waals surface area contributed by atoms with Crippen molar-refractivity contribution in [3.05, 3.63) is 29.8 Å². The maximum Gasteiger partial charge on any atom is 0.242 e. The number of ether oxygens (including phenoxy) is 1. The quantitative estimate of drug-likeness (QED) is 0.798. The fraction of sp³-hybridized carbons (Fsp3) is 0.533. The Labute approximate surface area is 114 Å². The van der Waals surface area contributed by atoms with Crippen LogP contribution in [0.3, 0.4) is 0 Å². The first kappa shape index (κ1) is 13.9. The average Bonchev–Trinajstić information content (AvgIpc) is 2.42. The van der Waals surface area contributed by atoms with Gasteiger partial charge in [-0.25, -0.2) is 0 Å². The third kappa shape index (κ3) is 3.96. The molecule has 0 radical (unpaired) electrons. The van der Waals surface area contributed by atoms with E-state index in [1.54, 1.807) is 0 Å². The number of hydrogen-bond donors (Lipinski definition) is 2. The van der Waals surface area contributed by atoms with Crippen molar-refractivity contribution >= 4 is 11.6 Å². The number of nitrogens with one attached hydrogen (secondary N) is 2. The predicted molar refractivity (Wildman–Crippen MR) is 76.3 cm³/mol. The van der Waals surface area contributed by atoms with Gasteiger partial charge in [-0.2, -0.15) is 0 Å². The summed E-state index contributed by atoms with van der Waals surface area (Å²) in [7, 11) is 0. The smallest absolute Gasteiger partial charge is 0.242 e. The summed E-state index contributed by atoms with van der Waals surface area (Å²) in [4.78, 5) is 12.0. The Kier molecular flexibility index (Phi) is 4.80. The van der Waals surface area contributed by atoms with Gasteiger partial charge in [-0.05, 0) is 38.3 Å². The molecule has 19 heavy (non-hydrogen) atoms. The van der Waals surface area contributed by atoms with E-state index in [-0.39, 0.29) is 18.1 Å². The zero-order valence-electron chi connectivity index (χ0n) is 11.6. The molecule has 0 fully saturated rings. The Balaban J connectivity index is 1.79. The predicted octanol–water partition coefficient (Wildman–Crippen LogP) is 1.95. The minimum absolute atomic E-state index is 0.0573. The molecule has 4 nitrogen and oxygen atoms in total. The van der Waals surface area contributed by atoms with Gasteiger partial charge in [-0.3, -0.25) is 4.79 Å². The zero-order chi connectivity index (χ0) is 13.7. The van der Waals surface area contributed by atoms with Gasteiger partial charge in [0.05, 0.1) is 12.7 Å². The number of carbonyl (C=O) groups is 1. The molecule has 1 atom stereocenters. The van der Waals surface area contributed by atoms with Gasteiger partial charge in [0, 0.05) is 12.2 Å². The van der Waals surface area contributed by atoms with E-state index in [1.807, 2.05) is 32.0 Å². The Morgan fingerprint density at radius 1 is 1.47 bits per heavy atom. The molecule has 1 heterocycles. The van der Waals surface area contributed by atoms with Crippen molar-refractivity contribution in [2.75, 3.05) is 18.5 Å². The Hall–Kier alpha value is -1.55. The summed E-state index contributed by atoms with van der Waals surface area (Å²) in [5, 5.41) is 6.21. The summed E-state index contributed by atoms with van der Waals surface area (Å²) in [6.45, 7) is 5.10. The lowest BCUT2D eigenvalue weighted by molar-refractivity contribution is -0.122. The third-order valence-corrected chi connectivity index (χ3v) is 3.22. The average molecular weight is 262 g/mol. The van der Waals surface area contributed by atoms with Crippen LogP contribution in [0.2, 0.25) is 0 Å². The highest BCUT2D eigenvalue weighted by Gasteiger charge is 2.23. The molecule has 1 aliphatic rings. The van der Waals surface area contributed by atoms with Gasteiger partial charge >= 0.3 is 0 Å². The molecular weight excluding hydrogens is 240 g/mol. The summed E-state index contributed by atoms with van der Waals surface area (Å²) in [5.74, 6) is 0.0573. The Morgan fingerprint density at radius 2 is 2.26 bits per heavy atom. The summed E-state index contributed by atoms with van der Waals surface area (Å²) in [5.41, 5.74) is 2.36. The van der Waals surface area contributed by atoms with Gasteiger partial charge < -0.3 is 15.4 Å². The van der Waals surface area contributed by atoms with Gasteiger partial charge in [0.15, 0.2) is 0 Å². The van der Waals surface area contributed by atoms with Crippen molar-refractivity contribution in [1.29, 1.82) is 0 Å². The van der Waals surface area contributed by atoms with Crippen molar-refractivity contribution in [2.24, 2.45) is 0 Å². The second-order valence-corrected chi connectivity index (χ2v) is 5.10. The van der Waals surface area contributed by atoms with E-state index in [1.165, 1.54) is 5.56 Å². The van der Waals surface area contributed by atoms with Crippen LogP contribution in [0.15, 0.2) is 24.3 Å². The van der Waals surface area contributed by atoms with Gasteiger partial charge in [0.2, 0.25) is 5.91 Å². The van der Waals surface area contributed by atoms with E-state index in [0.29, 0.717) is 13.2 Å². The van der Waals surface area contributed by atoms with Gasteiger partial charge in [-0.15, -0.1) is 0 Å². The molecule has 1 unspecified atom stereocenters. The van der Waals surface area contributed by atoms with Crippen LogP contribution < -0.4 is 10.6 Å². The molecule has 0 saturated heterocycles. The molecule has 1 aromatic carbocycles. The van der Waals surface area contributed by atoms with Crippen LogP contribution in [0.25, 0.3) is 0 Å². The van der Waals surface area contributed by atoms with Gasteiger partial charge in [0.1, 0.15) is 6.04 Å². The number of amides is 1. The van der Waals surface area contributed by atoms with E-state index >= 15 is 0 Å². The van der Waals surface area contributed by atoms with Gasteiger partial charge in [0.25, 0.3) is 0 Å². The number of rotatable bonds is 5. The molecule has 2 rings (SSSR count). The number of para-hydroxylation sites is 1. The molecule has 1 amide bonds. The second-order valence-electron chi connectivity index (χ2n) is 5.10. The maximum atomic E-state index is 12.0. The minimum Gasteiger partial charge on any atom is -0.377 e. The standard InChI is InChI=1S/C15H22N2O2/c1-11(2)19-10-9-16-15(18)14-8-7-12-5-3-4-6-13(12)17-14/h3-6,11,14,17H,7-10H2,1-2H3,(H,16,18). The van der Waals surface area contributed by atoms with E-state index in [0.717, 1.165) is 18.5 Å². The monoisotopic (exact) mass is 262 g/mol. The van der Waals surface area contributed by atoms with Crippen LogP contribution in [0.5, 0.6) is 0 Å². The van der Waals surface area contributed by atoms with E-state index in [9.17, 15) is 4.79 Å². The maximum absolute atomic E-state index is 12.0. The van der Waals surface area contributed by atoms with Crippen LogP contribution in [0, 0.1) is 0 Å². The SMILES string of the molecule is CC(C)OCCNC(=O)C1CCc2ccccc2N1. The largest absolute Gasteiger partial charge is 0.377 e. The molecule has 0 bridgehead atoms. The highest BCUT2D eigenvalue weighted by molar-refractivity contribution is 5.85.